The molecule has 0 saturated carbocycles. The van der Waals surface area contributed by atoms with Gasteiger partial charge in [-0.15, -0.1) is 0 Å². The molecule has 1 aliphatic carbocycles. The molecular weight excluding hydrogens is 224 g/mol. The van der Waals surface area contributed by atoms with Crippen molar-refractivity contribution in [1.29, 1.82) is 0 Å². The van der Waals surface area contributed by atoms with E-state index in [1.165, 1.54) is 19.3 Å². The van der Waals surface area contributed by atoms with Gasteiger partial charge >= 0.3 is 0 Å². The predicted octanol–water partition coefficient (Wildman–Crippen LogP) is 4.30. The Kier molecular flexibility index (Phi) is 4.50. The van der Waals surface area contributed by atoms with Gasteiger partial charge in [0.15, 0.2) is 6.29 Å². The first-order valence-corrected chi connectivity index (χ1v) is 7.41. The molecule has 3 atom stereocenters. The fourth-order valence-electron chi connectivity index (χ4n) is 2.61. The van der Waals surface area contributed by atoms with Crippen molar-refractivity contribution in [2.75, 3.05) is 6.61 Å². The smallest absolute Gasteiger partial charge is 0.158 e. The fraction of sp³-hybridized carbons (Fsp3) is 0.875. The van der Waals surface area contributed by atoms with E-state index in [0.717, 1.165) is 19.4 Å². The minimum atomic E-state index is 0.0204. The maximum Gasteiger partial charge on any atom is 0.158 e. The summed E-state index contributed by atoms with van der Waals surface area (Å²) in [6.07, 6.45) is 8.76. The van der Waals surface area contributed by atoms with Crippen molar-refractivity contribution in [3.05, 3.63) is 11.6 Å². The Balaban J connectivity index is 1.74. The molecule has 0 radical (unpaired) electrons. The van der Waals surface area contributed by atoms with Gasteiger partial charge in [0, 0.05) is 12.3 Å². The minimum Gasteiger partial charge on any atom is -0.352 e. The third-order valence-electron chi connectivity index (χ3n) is 4.48. The lowest BCUT2D eigenvalue weighted by Gasteiger charge is -2.34. The zero-order valence-corrected chi connectivity index (χ0v) is 12.4. The van der Waals surface area contributed by atoms with Crippen LogP contribution in [0.4, 0.5) is 0 Å². The molecule has 0 bridgehead atoms. The maximum atomic E-state index is 5.88. The van der Waals surface area contributed by atoms with Crippen LogP contribution in [0.25, 0.3) is 0 Å². The third kappa shape index (κ3) is 3.83. The molecule has 0 amide bonds. The SMILES string of the molecule is CC1COC(CCC2=CCC(C)(C)CC2)OC1C. The van der Waals surface area contributed by atoms with Crippen LogP contribution in [-0.4, -0.2) is 19.0 Å². The Hall–Kier alpha value is -0.340. The van der Waals surface area contributed by atoms with Crippen LogP contribution in [0.5, 0.6) is 0 Å². The summed E-state index contributed by atoms with van der Waals surface area (Å²) in [5, 5.41) is 0. The summed E-state index contributed by atoms with van der Waals surface area (Å²) in [5.74, 6) is 0.524. The van der Waals surface area contributed by atoms with Gasteiger partial charge in [0.25, 0.3) is 0 Å². The van der Waals surface area contributed by atoms with Gasteiger partial charge in [0.2, 0.25) is 0 Å². The average molecular weight is 252 g/mol. The molecule has 2 heteroatoms. The molecule has 2 rings (SSSR count). The molecule has 3 unspecified atom stereocenters. The molecule has 18 heavy (non-hydrogen) atoms. The van der Waals surface area contributed by atoms with Gasteiger partial charge in [0.05, 0.1) is 12.7 Å². The van der Waals surface area contributed by atoms with Crippen molar-refractivity contribution in [2.45, 2.75) is 72.2 Å². The number of hydrogen-bond donors (Lipinski definition) is 0. The average Bonchev–Trinajstić information content (AvgIpc) is 2.32. The first-order chi connectivity index (χ1) is 8.46. The van der Waals surface area contributed by atoms with Crippen LogP contribution in [0.2, 0.25) is 0 Å². The summed E-state index contributed by atoms with van der Waals surface area (Å²) in [4.78, 5) is 0. The number of allylic oxidation sites excluding steroid dienone is 2. The van der Waals surface area contributed by atoms with E-state index < -0.39 is 0 Å². The highest BCUT2D eigenvalue weighted by Crippen LogP contribution is 2.36. The van der Waals surface area contributed by atoms with Gasteiger partial charge in [-0.05, 0) is 38.0 Å². The molecule has 1 saturated heterocycles. The van der Waals surface area contributed by atoms with E-state index in [2.05, 4.69) is 33.8 Å². The van der Waals surface area contributed by atoms with Crippen molar-refractivity contribution < 1.29 is 9.47 Å². The van der Waals surface area contributed by atoms with E-state index in [1.54, 1.807) is 5.57 Å². The zero-order valence-electron chi connectivity index (χ0n) is 12.4. The Morgan fingerprint density at radius 2 is 2.11 bits per heavy atom. The predicted molar refractivity (Wildman–Crippen MR) is 74.4 cm³/mol. The second kappa shape index (κ2) is 5.75. The van der Waals surface area contributed by atoms with Crippen molar-refractivity contribution >= 4 is 0 Å². The number of hydrogen-bond acceptors (Lipinski definition) is 2. The quantitative estimate of drug-likeness (QED) is 0.697. The largest absolute Gasteiger partial charge is 0.352 e. The lowest BCUT2D eigenvalue weighted by Crippen LogP contribution is -2.36. The Labute approximate surface area is 112 Å². The molecular formula is C16H28O2. The first kappa shape index (κ1) is 14.1. The van der Waals surface area contributed by atoms with Crippen molar-refractivity contribution in [2.24, 2.45) is 11.3 Å². The molecule has 0 aromatic rings. The standard InChI is InChI=1S/C16H28O2/c1-12-11-17-15(18-13(12)2)6-5-14-7-9-16(3,4)10-8-14/h7,12-13,15H,5-6,8-11H2,1-4H3. The van der Waals surface area contributed by atoms with Crippen LogP contribution in [-0.2, 0) is 9.47 Å². The van der Waals surface area contributed by atoms with Crippen LogP contribution < -0.4 is 0 Å². The van der Waals surface area contributed by atoms with Crippen LogP contribution in [0.15, 0.2) is 11.6 Å². The molecule has 0 aromatic heterocycles. The molecule has 2 nitrogen and oxygen atoms in total. The van der Waals surface area contributed by atoms with E-state index in [9.17, 15) is 0 Å². The summed E-state index contributed by atoms with van der Waals surface area (Å²) in [6, 6.07) is 0. The van der Waals surface area contributed by atoms with Gasteiger partial charge in [-0.25, -0.2) is 0 Å². The highest BCUT2D eigenvalue weighted by Gasteiger charge is 2.26. The third-order valence-corrected chi connectivity index (χ3v) is 4.48. The number of rotatable bonds is 3. The van der Waals surface area contributed by atoms with E-state index in [0.29, 0.717) is 17.4 Å². The first-order valence-electron chi connectivity index (χ1n) is 7.41. The lowest BCUT2D eigenvalue weighted by atomic mass is 9.77. The van der Waals surface area contributed by atoms with Gasteiger partial charge in [-0.3, -0.25) is 0 Å². The van der Waals surface area contributed by atoms with Crippen molar-refractivity contribution in [1.82, 2.24) is 0 Å². The Morgan fingerprint density at radius 3 is 2.72 bits per heavy atom. The minimum absolute atomic E-state index is 0.0204. The van der Waals surface area contributed by atoms with E-state index >= 15 is 0 Å². The topological polar surface area (TPSA) is 18.5 Å². The molecule has 0 spiro atoms. The molecule has 2 aliphatic rings. The monoisotopic (exact) mass is 252 g/mol. The summed E-state index contributed by atoms with van der Waals surface area (Å²) in [7, 11) is 0. The van der Waals surface area contributed by atoms with Crippen molar-refractivity contribution in [3.8, 4) is 0 Å². The van der Waals surface area contributed by atoms with Crippen LogP contribution in [0, 0.1) is 11.3 Å². The normalized spacial score (nSPS) is 36.2. The van der Waals surface area contributed by atoms with E-state index in [-0.39, 0.29) is 6.29 Å². The second-order valence-corrected chi connectivity index (χ2v) is 6.85. The number of ether oxygens (including phenoxy) is 2. The molecule has 104 valence electrons. The molecule has 1 aliphatic heterocycles. The van der Waals surface area contributed by atoms with Crippen LogP contribution >= 0.6 is 0 Å². The molecule has 1 heterocycles. The Bertz CT molecular complexity index is 306. The van der Waals surface area contributed by atoms with Crippen molar-refractivity contribution in [3.63, 3.8) is 0 Å². The molecule has 1 fully saturated rings. The summed E-state index contributed by atoms with van der Waals surface area (Å²) < 4.78 is 11.6. The maximum absolute atomic E-state index is 5.88. The van der Waals surface area contributed by atoms with Crippen LogP contribution in [0.1, 0.15) is 59.8 Å². The molecule has 0 aromatic carbocycles. The highest BCUT2D eigenvalue weighted by molar-refractivity contribution is 5.08. The summed E-state index contributed by atoms with van der Waals surface area (Å²) in [5.41, 5.74) is 2.11. The fourth-order valence-corrected chi connectivity index (χ4v) is 2.61. The second-order valence-electron chi connectivity index (χ2n) is 6.85. The highest BCUT2D eigenvalue weighted by atomic mass is 16.7. The van der Waals surface area contributed by atoms with Gasteiger partial charge in [-0.2, -0.15) is 0 Å². The van der Waals surface area contributed by atoms with Crippen LogP contribution in [0.3, 0.4) is 0 Å². The zero-order chi connectivity index (χ0) is 13.2. The van der Waals surface area contributed by atoms with Gasteiger partial charge in [-0.1, -0.05) is 32.4 Å². The molecule has 0 N–H and O–H groups in total. The van der Waals surface area contributed by atoms with E-state index in [4.69, 9.17) is 9.47 Å². The summed E-state index contributed by atoms with van der Waals surface area (Å²) in [6.45, 7) is 9.90. The summed E-state index contributed by atoms with van der Waals surface area (Å²) >= 11 is 0. The van der Waals surface area contributed by atoms with Gasteiger partial charge < -0.3 is 9.47 Å². The lowest BCUT2D eigenvalue weighted by molar-refractivity contribution is -0.230. The van der Waals surface area contributed by atoms with E-state index in [1.807, 2.05) is 0 Å². The Morgan fingerprint density at radius 1 is 1.33 bits per heavy atom. The van der Waals surface area contributed by atoms with Gasteiger partial charge in [0.1, 0.15) is 0 Å².